The molecule has 0 aromatic carbocycles. The van der Waals surface area contributed by atoms with Crippen LogP contribution < -0.4 is 5.32 Å². The lowest BCUT2D eigenvalue weighted by Crippen LogP contribution is -2.72. The van der Waals surface area contributed by atoms with Crippen molar-refractivity contribution in [3.8, 4) is 0 Å². The summed E-state index contributed by atoms with van der Waals surface area (Å²) < 4.78 is 10.8. The van der Waals surface area contributed by atoms with Gasteiger partial charge in [-0.3, -0.25) is 0 Å². The normalized spacial score (nSPS) is 29.5. The van der Waals surface area contributed by atoms with Crippen molar-refractivity contribution in [3.63, 3.8) is 0 Å². The predicted octanol–water partition coefficient (Wildman–Crippen LogP) is 3.69. The molecule has 1 saturated heterocycles. The van der Waals surface area contributed by atoms with Gasteiger partial charge in [-0.2, -0.15) is 0 Å². The lowest BCUT2D eigenvalue weighted by atomic mass is 9.53. The van der Waals surface area contributed by atoms with E-state index in [1.165, 1.54) is 0 Å². The van der Waals surface area contributed by atoms with E-state index >= 15 is 0 Å². The van der Waals surface area contributed by atoms with E-state index in [4.69, 9.17) is 9.47 Å². The second-order valence-corrected chi connectivity index (χ2v) is 9.63. The van der Waals surface area contributed by atoms with E-state index in [-0.39, 0.29) is 23.1 Å². The first-order valence-electron chi connectivity index (χ1n) is 8.71. The number of hydrogen-bond donors (Lipinski definition) is 1. The van der Waals surface area contributed by atoms with Gasteiger partial charge in [-0.1, -0.05) is 6.92 Å². The number of nitrogens with zero attached hydrogens (tertiary/aromatic N) is 1. The first kappa shape index (κ1) is 18.9. The molecule has 138 valence electrons. The molecule has 1 spiro atoms. The van der Waals surface area contributed by atoms with Crippen molar-refractivity contribution in [2.75, 3.05) is 13.1 Å². The molecular formula is C18H32N2O4. The molecule has 2 aliphatic rings. The summed E-state index contributed by atoms with van der Waals surface area (Å²) in [5.41, 5.74) is -1.04. The van der Waals surface area contributed by atoms with E-state index in [9.17, 15) is 9.59 Å². The molecule has 6 nitrogen and oxygen atoms in total. The highest BCUT2D eigenvalue weighted by Gasteiger charge is 2.61. The fourth-order valence-electron chi connectivity index (χ4n) is 3.77. The Labute approximate surface area is 145 Å². The molecule has 0 aromatic heterocycles. The maximum absolute atomic E-state index is 12.3. The van der Waals surface area contributed by atoms with E-state index < -0.39 is 11.2 Å². The molecule has 0 atom stereocenters. The summed E-state index contributed by atoms with van der Waals surface area (Å²) in [5.74, 6) is 0. The predicted molar refractivity (Wildman–Crippen MR) is 91.9 cm³/mol. The second-order valence-electron chi connectivity index (χ2n) is 9.63. The number of amides is 2. The van der Waals surface area contributed by atoms with Crippen LogP contribution >= 0.6 is 0 Å². The maximum atomic E-state index is 12.3. The zero-order valence-corrected chi connectivity index (χ0v) is 16.1. The number of ether oxygens (including phenoxy) is 2. The van der Waals surface area contributed by atoms with Crippen molar-refractivity contribution in [1.29, 1.82) is 0 Å². The van der Waals surface area contributed by atoms with Crippen LogP contribution in [0.2, 0.25) is 0 Å². The summed E-state index contributed by atoms with van der Waals surface area (Å²) in [4.78, 5) is 26.0. The summed E-state index contributed by atoms with van der Waals surface area (Å²) >= 11 is 0. The first-order chi connectivity index (χ1) is 10.7. The van der Waals surface area contributed by atoms with Gasteiger partial charge in [0.05, 0.1) is 0 Å². The highest BCUT2D eigenvalue weighted by atomic mass is 16.6. The molecule has 1 aliphatic heterocycles. The lowest BCUT2D eigenvalue weighted by Gasteiger charge is -2.65. The van der Waals surface area contributed by atoms with Crippen LogP contribution in [0.15, 0.2) is 0 Å². The number of carbonyl (C=O) groups is 2. The molecule has 1 N–H and O–H groups in total. The van der Waals surface area contributed by atoms with Gasteiger partial charge in [0.25, 0.3) is 0 Å². The molecule has 0 aromatic rings. The van der Waals surface area contributed by atoms with Gasteiger partial charge in [0, 0.05) is 18.6 Å². The minimum Gasteiger partial charge on any atom is -0.444 e. The summed E-state index contributed by atoms with van der Waals surface area (Å²) in [5, 5.41) is 2.85. The van der Waals surface area contributed by atoms with E-state index in [1.807, 2.05) is 46.4 Å². The maximum Gasteiger partial charge on any atom is 0.410 e. The van der Waals surface area contributed by atoms with Gasteiger partial charge >= 0.3 is 12.2 Å². The lowest BCUT2D eigenvalue weighted by molar-refractivity contribution is -0.134. The Morgan fingerprint density at radius 3 is 2.00 bits per heavy atom. The van der Waals surface area contributed by atoms with Crippen molar-refractivity contribution < 1.29 is 19.1 Å². The van der Waals surface area contributed by atoms with Gasteiger partial charge in [0.2, 0.25) is 0 Å². The molecule has 0 radical (unpaired) electrons. The molecule has 0 bridgehead atoms. The standard InChI is InChI=1S/C18H32N2O4/c1-15(2,3)23-13(21)19-12-17(7)10-18(11-17)8-9-20(18)14(22)24-16(4,5)6/h8-12H2,1-7H3,(H,19,21). The van der Waals surface area contributed by atoms with Gasteiger partial charge in [-0.05, 0) is 66.2 Å². The van der Waals surface area contributed by atoms with Gasteiger partial charge in [0.15, 0.2) is 0 Å². The van der Waals surface area contributed by atoms with E-state index in [0.717, 1.165) is 25.8 Å². The van der Waals surface area contributed by atoms with E-state index in [1.54, 1.807) is 0 Å². The summed E-state index contributed by atoms with van der Waals surface area (Å²) in [6.07, 6.45) is 2.16. The molecule has 1 saturated carbocycles. The average Bonchev–Trinajstić information content (AvgIpc) is 2.26. The van der Waals surface area contributed by atoms with Crippen LogP contribution in [-0.4, -0.2) is 46.9 Å². The van der Waals surface area contributed by atoms with Crippen LogP contribution in [0, 0.1) is 5.41 Å². The van der Waals surface area contributed by atoms with Gasteiger partial charge in [-0.25, -0.2) is 9.59 Å². The molecule has 2 rings (SSSR count). The number of nitrogens with one attached hydrogen (secondary N) is 1. The van der Waals surface area contributed by atoms with Crippen LogP contribution in [0.5, 0.6) is 0 Å². The summed E-state index contributed by atoms with van der Waals surface area (Å²) in [6.45, 7) is 14.6. The molecule has 2 fully saturated rings. The quantitative estimate of drug-likeness (QED) is 0.832. The minimum absolute atomic E-state index is 0.00239. The van der Waals surface area contributed by atoms with Crippen molar-refractivity contribution in [2.24, 2.45) is 5.41 Å². The largest absolute Gasteiger partial charge is 0.444 e. The monoisotopic (exact) mass is 340 g/mol. The summed E-state index contributed by atoms with van der Waals surface area (Å²) in [7, 11) is 0. The smallest absolute Gasteiger partial charge is 0.410 e. The zero-order valence-electron chi connectivity index (χ0n) is 16.1. The van der Waals surface area contributed by atoms with Crippen LogP contribution in [0.25, 0.3) is 0 Å². The van der Waals surface area contributed by atoms with Crippen molar-refractivity contribution in [3.05, 3.63) is 0 Å². The zero-order chi connectivity index (χ0) is 18.4. The minimum atomic E-state index is -0.493. The Morgan fingerprint density at radius 2 is 1.58 bits per heavy atom. The number of alkyl carbamates (subject to hydrolysis) is 1. The van der Waals surface area contributed by atoms with Gasteiger partial charge < -0.3 is 19.7 Å². The van der Waals surface area contributed by atoms with Gasteiger partial charge in [-0.15, -0.1) is 0 Å². The van der Waals surface area contributed by atoms with Gasteiger partial charge in [0.1, 0.15) is 11.2 Å². The molecule has 1 heterocycles. The molecule has 0 unspecified atom stereocenters. The Kier molecular flexibility index (Phi) is 4.57. The molecule has 6 heteroatoms. The fraction of sp³-hybridized carbons (Fsp3) is 0.889. The third-order valence-corrected chi connectivity index (χ3v) is 4.56. The number of hydrogen-bond acceptors (Lipinski definition) is 4. The van der Waals surface area contributed by atoms with Crippen LogP contribution in [0.1, 0.15) is 67.7 Å². The summed E-state index contributed by atoms with van der Waals surface area (Å²) in [6, 6.07) is 0. The molecular weight excluding hydrogens is 308 g/mol. The van der Waals surface area contributed by atoms with Crippen molar-refractivity contribution >= 4 is 12.2 Å². The third kappa shape index (κ3) is 4.33. The van der Waals surface area contributed by atoms with Crippen LogP contribution in [-0.2, 0) is 9.47 Å². The Balaban J connectivity index is 1.82. The highest BCUT2D eigenvalue weighted by Crippen LogP contribution is 2.57. The highest BCUT2D eigenvalue weighted by molar-refractivity contribution is 5.71. The number of rotatable bonds is 2. The molecule has 2 amide bonds. The van der Waals surface area contributed by atoms with E-state index in [0.29, 0.717) is 6.54 Å². The molecule has 1 aliphatic carbocycles. The SMILES string of the molecule is CC1(CNC(=O)OC(C)(C)C)CC2(CCN2C(=O)OC(C)(C)C)C1. The molecule has 24 heavy (non-hydrogen) atoms. The number of carbonyl (C=O) groups excluding carboxylic acids is 2. The Hall–Kier alpha value is -1.46. The van der Waals surface area contributed by atoms with Crippen LogP contribution in [0.4, 0.5) is 9.59 Å². The van der Waals surface area contributed by atoms with Crippen molar-refractivity contribution in [2.45, 2.75) is 84.5 Å². The average molecular weight is 340 g/mol. The topological polar surface area (TPSA) is 67.9 Å². The van der Waals surface area contributed by atoms with Crippen molar-refractivity contribution in [1.82, 2.24) is 10.2 Å². The first-order valence-corrected chi connectivity index (χ1v) is 8.71. The Morgan fingerprint density at radius 1 is 1.04 bits per heavy atom. The third-order valence-electron chi connectivity index (χ3n) is 4.56. The second kappa shape index (κ2) is 5.81. The van der Waals surface area contributed by atoms with Crippen LogP contribution in [0.3, 0.4) is 0 Å². The Bertz CT molecular complexity index is 510. The van der Waals surface area contributed by atoms with E-state index in [2.05, 4.69) is 12.2 Å². The fourth-order valence-corrected chi connectivity index (χ4v) is 3.77. The number of likely N-dealkylation sites (tertiary alicyclic amines) is 1.